The van der Waals surface area contributed by atoms with E-state index in [0.29, 0.717) is 11.9 Å². The maximum atomic E-state index is 9.02. The highest BCUT2D eigenvalue weighted by molar-refractivity contribution is 5.44. The molecule has 1 aromatic rings. The van der Waals surface area contributed by atoms with Gasteiger partial charge in [0, 0.05) is 19.2 Å². The van der Waals surface area contributed by atoms with E-state index in [9.17, 15) is 0 Å². The van der Waals surface area contributed by atoms with Crippen LogP contribution in [0.15, 0.2) is 6.07 Å². The van der Waals surface area contributed by atoms with E-state index in [2.05, 4.69) is 34.8 Å². The largest absolute Gasteiger partial charge is 0.368 e. The lowest BCUT2D eigenvalue weighted by molar-refractivity contribution is 0.490. The summed E-state index contributed by atoms with van der Waals surface area (Å²) in [5.74, 6) is 1.59. The second-order valence-corrected chi connectivity index (χ2v) is 5.08. The van der Waals surface area contributed by atoms with E-state index < -0.39 is 0 Å². The van der Waals surface area contributed by atoms with Crippen LogP contribution < -0.4 is 10.6 Å². The lowest BCUT2D eigenvalue weighted by Gasteiger charge is -2.30. The number of nitrogens with zero attached hydrogens (tertiary/aromatic N) is 4. The Hall–Kier alpha value is -1.83. The van der Waals surface area contributed by atoms with E-state index in [-0.39, 0.29) is 5.92 Å². The van der Waals surface area contributed by atoms with Gasteiger partial charge >= 0.3 is 0 Å². The molecule has 1 aromatic heterocycles. The van der Waals surface area contributed by atoms with E-state index in [1.165, 1.54) is 0 Å². The molecule has 18 heavy (non-hydrogen) atoms. The van der Waals surface area contributed by atoms with Crippen molar-refractivity contribution in [2.45, 2.75) is 32.6 Å². The van der Waals surface area contributed by atoms with Crippen molar-refractivity contribution in [3.63, 3.8) is 0 Å². The molecule has 1 aliphatic rings. The normalized spacial score (nSPS) is 19.9. The zero-order chi connectivity index (χ0) is 13.1. The minimum Gasteiger partial charge on any atom is -0.368 e. The van der Waals surface area contributed by atoms with Gasteiger partial charge in [0.25, 0.3) is 0 Å². The lowest BCUT2D eigenvalue weighted by Crippen LogP contribution is -2.35. The average molecular weight is 245 g/mol. The Balaban J connectivity index is 2.25. The SMILES string of the molecule is CC(C)c1cc(N2CCC[C@H](C#N)C2)nc(N)n1. The molecule has 1 saturated heterocycles. The predicted octanol–water partition coefficient (Wildman–Crippen LogP) is 1.92. The molecule has 0 aromatic carbocycles. The minimum absolute atomic E-state index is 0.0949. The molecular formula is C13H19N5. The van der Waals surface area contributed by atoms with E-state index in [0.717, 1.165) is 37.4 Å². The van der Waals surface area contributed by atoms with E-state index in [4.69, 9.17) is 11.0 Å². The van der Waals surface area contributed by atoms with Gasteiger partial charge in [-0.2, -0.15) is 10.2 Å². The summed E-state index contributed by atoms with van der Waals surface area (Å²) in [6.07, 6.45) is 2.00. The first kappa shape index (κ1) is 12.6. The zero-order valence-electron chi connectivity index (χ0n) is 10.9. The number of anilines is 2. The third-order valence-corrected chi connectivity index (χ3v) is 3.27. The molecule has 0 radical (unpaired) electrons. The number of nitrogens with two attached hydrogens (primary N) is 1. The van der Waals surface area contributed by atoms with Crippen LogP contribution in [0.5, 0.6) is 0 Å². The summed E-state index contributed by atoms with van der Waals surface area (Å²) in [6, 6.07) is 4.33. The molecule has 0 saturated carbocycles. The second-order valence-electron chi connectivity index (χ2n) is 5.08. The zero-order valence-corrected chi connectivity index (χ0v) is 10.9. The molecule has 1 aliphatic heterocycles. The van der Waals surface area contributed by atoms with Gasteiger partial charge in [0.15, 0.2) is 0 Å². The third kappa shape index (κ3) is 2.70. The number of nitrogen functional groups attached to an aromatic ring is 1. The van der Waals surface area contributed by atoms with Crippen molar-refractivity contribution >= 4 is 11.8 Å². The van der Waals surface area contributed by atoms with E-state index in [1.807, 2.05) is 6.07 Å². The molecular weight excluding hydrogens is 226 g/mol. The number of hydrogen-bond acceptors (Lipinski definition) is 5. The fourth-order valence-electron chi connectivity index (χ4n) is 2.22. The monoisotopic (exact) mass is 245 g/mol. The fourth-order valence-corrected chi connectivity index (χ4v) is 2.22. The molecule has 5 heteroatoms. The van der Waals surface area contributed by atoms with Gasteiger partial charge in [0.05, 0.1) is 17.7 Å². The van der Waals surface area contributed by atoms with Crippen LogP contribution in [-0.2, 0) is 0 Å². The smallest absolute Gasteiger partial charge is 0.222 e. The molecule has 0 unspecified atom stereocenters. The summed E-state index contributed by atoms with van der Waals surface area (Å²) in [7, 11) is 0. The lowest BCUT2D eigenvalue weighted by atomic mass is 9.99. The van der Waals surface area contributed by atoms with Crippen LogP contribution >= 0.6 is 0 Å². The summed E-state index contributed by atoms with van der Waals surface area (Å²) in [4.78, 5) is 10.7. The molecule has 0 bridgehead atoms. The van der Waals surface area contributed by atoms with Crippen molar-refractivity contribution in [3.05, 3.63) is 11.8 Å². The van der Waals surface area contributed by atoms with Crippen LogP contribution in [0.1, 0.15) is 38.3 Å². The standard InChI is InChI=1S/C13H19N5/c1-9(2)11-6-12(17-13(15)16-11)18-5-3-4-10(7-14)8-18/h6,9-10H,3-5,8H2,1-2H3,(H2,15,16,17)/t10-/m1/s1. The average Bonchev–Trinajstić information content (AvgIpc) is 2.38. The molecule has 0 spiro atoms. The Morgan fingerprint density at radius 1 is 1.50 bits per heavy atom. The summed E-state index contributed by atoms with van der Waals surface area (Å²) in [6.45, 7) is 5.84. The minimum atomic E-state index is 0.0949. The van der Waals surface area contributed by atoms with Crippen LogP contribution in [-0.4, -0.2) is 23.1 Å². The highest BCUT2D eigenvalue weighted by atomic mass is 15.2. The van der Waals surface area contributed by atoms with Crippen LogP contribution in [0.3, 0.4) is 0 Å². The van der Waals surface area contributed by atoms with Crippen LogP contribution in [0.4, 0.5) is 11.8 Å². The number of aromatic nitrogens is 2. The third-order valence-electron chi connectivity index (χ3n) is 3.27. The Morgan fingerprint density at radius 2 is 2.28 bits per heavy atom. The van der Waals surface area contributed by atoms with Crippen molar-refractivity contribution < 1.29 is 0 Å². The van der Waals surface area contributed by atoms with Crippen molar-refractivity contribution in [1.29, 1.82) is 5.26 Å². The van der Waals surface area contributed by atoms with Crippen molar-refractivity contribution in [1.82, 2.24) is 9.97 Å². The first-order valence-electron chi connectivity index (χ1n) is 6.39. The molecule has 0 aliphatic carbocycles. The number of piperidine rings is 1. The predicted molar refractivity (Wildman–Crippen MR) is 71.1 cm³/mol. The van der Waals surface area contributed by atoms with Gasteiger partial charge in [-0.15, -0.1) is 0 Å². The maximum absolute atomic E-state index is 9.02. The van der Waals surface area contributed by atoms with Gasteiger partial charge in [0.1, 0.15) is 5.82 Å². The van der Waals surface area contributed by atoms with Gasteiger partial charge < -0.3 is 10.6 Å². The summed E-state index contributed by atoms with van der Waals surface area (Å²) < 4.78 is 0. The summed E-state index contributed by atoms with van der Waals surface area (Å²) in [5.41, 5.74) is 6.71. The highest BCUT2D eigenvalue weighted by Gasteiger charge is 2.21. The molecule has 5 nitrogen and oxygen atoms in total. The van der Waals surface area contributed by atoms with Crippen LogP contribution in [0.25, 0.3) is 0 Å². The topological polar surface area (TPSA) is 78.8 Å². The molecule has 2 heterocycles. The van der Waals surface area contributed by atoms with Gasteiger partial charge in [-0.25, -0.2) is 4.98 Å². The Bertz CT molecular complexity index is 463. The first-order valence-corrected chi connectivity index (χ1v) is 6.39. The quantitative estimate of drug-likeness (QED) is 0.861. The summed E-state index contributed by atoms with van der Waals surface area (Å²) >= 11 is 0. The van der Waals surface area contributed by atoms with Crippen molar-refractivity contribution in [2.75, 3.05) is 23.7 Å². The van der Waals surface area contributed by atoms with Gasteiger partial charge in [-0.1, -0.05) is 13.8 Å². The number of nitriles is 1. The van der Waals surface area contributed by atoms with Crippen molar-refractivity contribution in [2.24, 2.45) is 5.92 Å². The molecule has 1 fully saturated rings. The van der Waals surface area contributed by atoms with Crippen molar-refractivity contribution in [3.8, 4) is 6.07 Å². The first-order chi connectivity index (χ1) is 8.60. The molecule has 2 rings (SSSR count). The maximum Gasteiger partial charge on any atom is 0.222 e. The van der Waals surface area contributed by atoms with Gasteiger partial charge in [0.2, 0.25) is 5.95 Å². The van der Waals surface area contributed by atoms with Crippen LogP contribution in [0, 0.1) is 17.2 Å². The Labute approximate surface area is 108 Å². The second kappa shape index (κ2) is 5.21. The number of hydrogen-bond donors (Lipinski definition) is 1. The number of rotatable bonds is 2. The molecule has 2 N–H and O–H groups in total. The molecule has 0 amide bonds. The van der Waals surface area contributed by atoms with E-state index in [1.54, 1.807) is 0 Å². The Kier molecular flexibility index (Phi) is 3.66. The van der Waals surface area contributed by atoms with Crippen LogP contribution in [0.2, 0.25) is 0 Å². The summed E-state index contributed by atoms with van der Waals surface area (Å²) in [5, 5.41) is 9.02. The highest BCUT2D eigenvalue weighted by Crippen LogP contribution is 2.24. The molecule has 96 valence electrons. The van der Waals surface area contributed by atoms with E-state index >= 15 is 0 Å². The fraction of sp³-hybridized carbons (Fsp3) is 0.615. The van der Waals surface area contributed by atoms with Gasteiger partial charge in [-0.3, -0.25) is 0 Å². The Morgan fingerprint density at radius 3 is 2.94 bits per heavy atom. The molecule has 1 atom stereocenters. The van der Waals surface area contributed by atoms with Gasteiger partial charge in [-0.05, 0) is 18.8 Å².